The quantitative estimate of drug-likeness (QED) is 0.385. The fraction of sp³-hybridized carbons (Fsp3) is 0.375. The molecule has 2 aromatic rings. The van der Waals surface area contributed by atoms with E-state index >= 15 is 0 Å². The van der Waals surface area contributed by atoms with Crippen LogP contribution in [0, 0.1) is 15.4 Å². The average molecular weight is 520 g/mol. The van der Waals surface area contributed by atoms with Gasteiger partial charge in [0, 0.05) is 28.1 Å². The SMILES string of the molecule is O=C(OC[C@H]1[C@@H]2C[C@@H]3CC[C@H]1N3CC2=Cc1ccc(I)c(Cl)c1)c1ccccc1. The minimum atomic E-state index is -0.216. The van der Waals surface area contributed by atoms with Crippen LogP contribution in [-0.4, -0.2) is 36.1 Å². The molecule has 4 heterocycles. The van der Waals surface area contributed by atoms with Gasteiger partial charge in [-0.25, -0.2) is 4.79 Å². The summed E-state index contributed by atoms with van der Waals surface area (Å²) in [6, 6.07) is 16.8. The number of nitrogens with zero attached hydrogens (tertiary/aromatic N) is 1. The molecule has 29 heavy (non-hydrogen) atoms. The van der Waals surface area contributed by atoms with E-state index in [1.807, 2.05) is 36.4 Å². The van der Waals surface area contributed by atoms with Gasteiger partial charge >= 0.3 is 5.97 Å². The third-order valence-corrected chi connectivity index (χ3v) is 8.35. The Morgan fingerprint density at radius 1 is 1.21 bits per heavy atom. The highest BCUT2D eigenvalue weighted by molar-refractivity contribution is 14.1. The predicted molar refractivity (Wildman–Crippen MR) is 124 cm³/mol. The van der Waals surface area contributed by atoms with Crippen LogP contribution in [0.5, 0.6) is 0 Å². The minimum absolute atomic E-state index is 0.216. The number of carbonyl (C=O) groups is 1. The molecule has 4 bridgehead atoms. The normalized spacial score (nSPS) is 31.2. The van der Waals surface area contributed by atoms with Crippen molar-refractivity contribution in [3.05, 3.63) is 73.8 Å². The second kappa shape index (κ2) is 8.05. The van der Waals surface area contributed by atoms with Crippen molar-refractivity contribution in [1.29, 1.82) is 0 Å². The summed E-state index contributed by atoms with van der Waals surface area (Å²) in [6.45, 7) is 1.53. The molecule has 0 aromatic heterocycles. The maximum Gasteiger partial charge on any atom is 0.338 e. The first-order chi connectivity index (χ1) is 14.1. The summed E-state index contributed by atoms with van der Waals surface area (Å²) >= 11 is 8.59. The lowest BCUT2D eigenvalue weighted by Crippen LogP contribution is -2.57. The van der Waals surface area contributed by atoms with Crippen molar-refractivity contribution in [2.45, 2.75) is 31.3 Å². The molecule has 0 saturated carbocycles. The van der Waals surface area contributed by atoms with Crippen molar-refractivity contribution < 1.29 is 9.53 Å². The smallest absolute Gasteiger partial charge is 0.338 e. The molecular formula is C24H23ClINO2. The van der Waals surface area contributed by atoms with E-state index in [9.17, 15) is 4.79 Å². The number of hydrogen-bond acceptors (Lipinski definition) is 3. The van der Waals surface area contributed by atoms with Crippen molar-refractivity contribution in [3.8, 4) is 0 Å². The molecular weight excluding hydrogens is 497 g/mol. The molecule has 4 fully saturated rings. The average Bonchev–Trinajstić information content (AvgIpc) is 3.06. The summed E-state index contributed by atoms with van der Waals surface area (Å²) in [7, 11) is 0. The van der Waals surface area contributed by atoms with Gasteiger partial charge in [-0.2, -0.15) is 0 Å². The van der Waals surface area contributed by atoms with Crippen LogP contribution in [0.3, 0.4) is 0 Å². The Balaban J connectivity index is 1.36. The standard InChI is InChI=1S/C24H23ClINO2/c25-21-11-15(6-8-22(21)26)10-17-13-27-18-7-9-23(27)20(19(17)12-18)14-29-24(28)16-4-2-1-3-5-16/h1-6,8,10-11,18-20,23H,7,9,12-14H2/t18-,19+,20-,23+/m0/s1. The van der Waals surface area contributed by atoms with Gasteiger partial charge < -0.3 is 4.74 Å². The van der Waals surface area contributed by atoms with E-state index in [0.717, 1.165) is 20.7 Å². The predicted octanol–water partition coefficient (Wildman–Crippen LogP) is 5.67. The molecule has 2 aromatic carbocycles. The zero-order valence-corrected chi connectivity index (χ0v) is 19.0. The van der Waals surface area contributed by atoms with Gasteiger partial charge in [-0.3, -0.25) is 4.90 Å². The van der Waals surface area contributed by atoms with Crippen LogP contribution < -0.4 is 0 Å². The first-order valence-corrected chi connectivity index (χ1v) is 11.7. The Labute approximate surface area is 190 Å². The second-order valence-electron chi connectivity index (χ2n) is 8.33. The number of hydrogen-bond donors (Lipinski definition) is 0. The zero-order valence-electron chi connectivity index (χ0n) is 16.1. The lowest BCUT2D eigenvalue weighted by atomic mass is 9.71. The maximum atomic E-state index is 12.5. The minimum Gasteiger partial charge on any atom is -0.462 e. The molecule has 4 aliphatic rings. The molecule has 0 radical (unpaired) electrons. The number of fused-ring (bicyclic) bond motifs is 1. The van der Waals surface area contributed by atoms with Crippen LogP contribution in [0.15, 0.2) is 54.1 Å². The first-order valence-electron chi connectivity index (χ1n) is 10.2. The summed E-state index contributed by atoms with van der Waals surface area (Å²) in [5.41, 5.74) is 3.24. The van der Waals surface area contributed by atoms with Crippen LogP contribution in [0.4, 0.5) is 0 Å². The molecule has 0 spiro atoms. The van der Waals surface area contributed by atoms with Gasteiger partial charge in [0.1, 0.15) is 0 Å². The van der Waals surface area contributed by atoms with Crippen molar-refractivity contribution in [3.63, 3.8) is 0 Å². The lowest BCUT2D eigenvalue weighted by Gasteiger charge is -2.51. The lowest BCUT2D eigenvalue weighted by molar-refractivity contribution is -0.0150. The van der Waals surface area contributed by atoms with E-state index < -0.39 is 0 Å². The monoisotopic (exact) mass is 519 g/mol. The molecule has 0 amide bonds. The van der Waals surface area contributed by atoms with Gasteiger partial charge in [-0.05, 0) is 77.6 Å². The summed E-state index contributed by atoms with van der Waals surface area (Å²) in [6.07, 6.45) is 5.97. The summed E-state index contributed by atoms with van der Waals surface area (Å²) in [4.78, 5) is 15.1. The van der Waals surface area contributed by atoms with Crippen LogP contribution in [0.25, 0.3) is 6.08 Å². The highest BCUT2D eigenvalue weighted by Crippen LogP contribution is 2.50. The molecule has 0 N–H and O–H groups in total. The van der Waals surface area contributed by atoms with Crippen LogP contribution >= 0.6 is 34.2 Å². The van der Waals surface area contributed by atoms with Gasteiger partial charge in [0.25, 0.3) is 0 Å². The topological polar surface area (TPSA) is 29.5 Å². The summed E-state index contributed by atoms with van der Waals surface area (Å²) in [5, 5.41) is 0.801. The van der Waals surface area contributed by atoms with Gasteiger partial charge in [-0.15, -0.1) is 0 Å². The largest absolute Gasteiger partial charge is 0.462 e. The Kier molecular flexibility index (Phi) is 5.43. The molecule has 1 unspecified atom stereocenters. The van der Waals surface area contributed by atoms with Crippen molar-refractivity contribution in [1.82, 2.24) is 4.90 Å². The molecule has 150 valence electrons. The summed E-state index contributed by atoms with van der Waals surface area (Å²) in [5.74, 6) is 0.645. The Morgan fingerprint density at radius 3 is 2.83 bits per heavy atom. The first kappa shape index (κ1) is 19.6. The summed E-state index contributed by atoms with van der Waals surface area (Å²) < 4.78 is 6.86. The van der Waals surface area contributed by atoms with E-state index in [1.165, 1.54) is 24.8 Å². The highest BCUT2D eigenvalue weighted by atomic mass is 127. The number of halogens is 2. The molecule has 5 heteroatoms. The van der Waals surface area contributed by atoms with Gasteiger partial charge in [0.15, 0.2) is 0 Å². The fourth-order valence-electron chi connectivity index (χ4n) is 5.44. The number of piperidine rings is 3. The van der Waals surface area contributed by atoms with Crippen LogP contribution in [-0.2, 0) is 4.74 Å². The Morgan fingerprint density at radius 2 is 2.03 bits per heavy atom. The maximum absolute atomic E-state index is 12.5. The number of ether oxygens (including phenoxy) is 1. The molecule has 6 rings (SSSR count). The zero-order chi connectivity index (χ0) is 20.0. The van der Waals surface area contributed by atoms with Gasteiger partial charge in [0.05, 0.1) is 17.2 Å². The molecule has 3 nitrogen and oxygen atoms in total. The fourth-order valence-corrected chi connectivity index (χ4v) is 5.97. The Hall–Kier alpha value is -1.37. The van der Waals surface area contributed by atoms with E-state index in [-0.39, 0.29) is 5.97 Å². The van der Waals surface area contributed by atoms with Crippen molar-refractivity contribution >= 4 is 46.2 Å². The van der Waals surface area contributed by atoms with Gasteiger partial charge in [-0.1, -0.05) is 47.5 Å². The van der Waals surface area contributed by atoms with Crippen LogP contribution in [0.2, 0.25) is 5.02 Å². The molecule has 0 aliphatic carbocycles. The van der Waals surface area contributed by atoms with E-state index in [2.05, 4.69) is 45.7 Å². The number of carbonyl (C=O) groups excluding carboxylic acids is 1. The number of benzene rings is 2. The third kappa shape index (κ3) is 3.75. The third-order valence-electron chi connectivity index (χ3n) is 6.78. The van der Waals surface area contributed by atoms with E-state index in [0.29, 0.717) is 36.1 Å². The van der Waals surface area contributed by atoms with Gasteiger partial charge in [0.2, 0.25) is 0 Å². The molecule has 4 saturated heterocycles. The van der Waals surface area contributed by atoms with Crippen molar-refractivity contribution in [2.75, 3.05) is 13.2 Å². The molecule has 4 aliphatic heterocycles. The highest BCUT2D eigenvalue weighted by Gasteiger charge is 2.52. The molecule has 5 atom stereocenters. The second-order valence-corrected chi connectivity index (χ2v) is 9.90. The van der Waals surface area contributed by atoms with Crippen molar-refractivity contribution in [2.24, 2.45) is 11.8 Å². The van der Waals surface area contributed by atoms with E-state index in [1.54, 1.807) is 0 Å². The van der Waals surface area contributed by atoms with E-state index in [4.69, 9.17) is 16.3 Å². The number of esters is 1. The van der Waals surface area contributed by atoms with Crippen LogP contribution in [0.1, 0.15) is 35.2 Å². The number of rotatable bonds is 4. The Bertz CT molecular complexity index is 961.